The van der Waals surface area contributed by atoms with Crippen LogP contribution >= 0.6 is 23.2 Å². The zero-order valence-electron chi connectivity index (χ0n) is 11.9. The number of halogens is 2. The van der Waals surface area contributed by atoms with Crippen molar-refractivity contribution >= 4 is 34.6 Å². The molecule has 0 aliphatic rings. The molecule has 0 bridgehead atoms. The molecular weight excluding hydrogens is 291 g/mol. The third kappa shape index (κ3) is 3.38. The van der Waals surface area contributed by atoms with Crippen LogP contribution in [0.3, 0.4) is 0 Å². The van der Waals surface area contributed by atoms with Crippen molar-refractivity contribution in [1.82, 2.24) is 0 Å². The molecule has 2 aromatic carbocycles. The smallest absolute Gasteiger partial charge is 0.0786 e. The van der Waals surface area contributed by atoms with Crippen molar-refractivity contribution in [1.29, 1.82) is 0 Å². The third-order valence-electron chi connectivity index (χ3n) is 3.15. The summed E-state index contributed by atoms with van der Waals surface area (Å²) < 4.78 is 0. The summed E-state index contributed by atoms with van der Waals surface area (Å²) in [6.45, 7) is 2.71. The molecule has 0 radical (unpaired) electrons. The second-order valence-corrected chi connectivity index (χ2v) is 5.78. The van der Waals surface area contributed by atoms with Gasteiger partial charge in [-0.25, -0.2) is 0 Å². The van der Waals surface area contributed by atoms with Gasteiger partial charge in [-0.3, -0.25) is 0 Å². The first-order valence-corrected chi connectivity index (χ1v) is 7.19. The van der Waals surface area contributed by atoms with E-state index in [9.17, 15) is 0 Å². The SMILES string of the molecule is Cc1ccc(CNc2cccc(Cl)c2N(C)C)cc1Cl. The van der Waals surface area contributed by atoms with Gasteiger partial charge in [0, 0.05) is 25.7 Å². The van der Waals surface area contributed by atoms with Crippen molar-refractivity contribution in [3.63, 3.8) is 0 Å². The van der Waals surface area contributed by atoms with Crippen LogP contribution in [0.2, 0.25) is 10.0 Å². The highest BCUT2D eigenvalue weighted by atomic mass is 35.5. The van der Waals surface area contributed by atoms with E-state index in [-0.39, 0.29) is 0 Å². The minimum atomic E-state index is 0.710. The molecule has 4 heteroatoms. The summed E-state index contributed by atoms with van der Waals surface area (Å²) in [5, 5.41) is 4.95. The van der Waals surface area contributed by atoms with E-state index >= 15 is 0 Å². The van der Waals surface area contributed by atoms with Crippen molar-refractivity contribution in [2.75, 3.05) is 24.3 Å². The largest absolute Gasteiger partial charge is 0.379 e. The summed E-state index contributed by atoms with van der Waals surface area (Å²) in [7, 11) is 3.96. The third-order valence-corrected chi connectivity index (χ3v) is 3.87. The first kappa shape index (κ1) is 15.0. The van der Waals surface area contributed by atoms with Gasteiger partial charge in [-0.15, -0.1) is 0 Å². The van der Waals surface area contributed by atoms with Crippen LogP contribution in [0.4, 0.5) is 11.4 Å². The number of anilines is 2. The van der Waals surface area contributed by atoms with Gasteiger partial charge in [-0.1, -0.05) is 41.4 Å². The van der Waals surface area contributed by atoms with Gasteiger partial charge in [-0.2, -0.15) is 0 Å². The van der Waals surface area contributed by atoms with E-state index in [2.05, 4.69) is 11.4 Å². The van der Waals surface area contributed by atoms with Gasteiger partial charge in [0.25, 0.3) is 0 Å². The lowest BCUT2D eigenvalue weighted by Gasteiger charge is -2.20. The van der Waals surface area contributed by atoms with Crippen molar-refractivity contribution in [2.24, 2.45) is 0 Å². The van der Waals surface area contributed by atoms with E-state index in [1.54, 1.807) is 0 Å². The second kappa shape index (κ2) is 6.38. The van der Waals surface area contributed by atoms with E-state index in [4.69, 9.17) is 23.2 Å². The van der Waals surface area contributed by atoms with E-state index in [0.717, 1.165) is 32.5 Å². The highest BCUT2D eigenvalue weighted by Crippen LogP contribution is 2.32. The van der Waals surface area contributed by atoms with Crippen LogP contribution in [0.5, 0.6) is 0 Å². The minimum absolute atomic E-state index is 0.710. The molecule has 0 fully saturated rings. The molecule has 2 rings (SSSR count). The van der Waals surface area contributed by atoms with Crippen molar-refractivity contribution in [3.05, 3.63) is 57.6 Å². The Morgan fingerprint density at radius 1 is 1.05 bits per heavy atom. The maximum absolute atomic E-state index is 6.25. The van der Waals surface area contributed by atoms with Gasteiger partial charge >= 0.3 is 0 Å². The van der Waals surface area contributed by atoms with Gasteiger partial charge in [0.05, 0.1) is 16.4 Å². The van der Waals surface area contributed by atoms with Crippen molar-refractivity contribution in [2.45, 2.75) is 13.5 Å². The summed E-state index contributed by atoms with van der Waals surface area (Å²) >= 11 is 12.4. The molecule has 0 aliphatic carbocycles. The monoisotopic (exact) mass is 308 g/mol. The maximum atomic E-state index is 6.25. The number of benzene rings is 2. The van der Waals surface area contributed by atoms with Crippen LogP contribution in [-0.2, 0) is 6.54 Å². The summed E-state index contributed by atoms with van der Waals surface area (Å²) in [5.74, 6) is 0. The summed E-state index contributed by atoms with van der Waals surface area (Å²) in [6.07, 6.45) is 0. The van der Waals surface area contributed by atoms with Crippen molar-refractivity contribution in [3.8, 4) is 0 Å². The molecule has 0 saturated carbocycles. The van der Waals surface area contributed by atoms with E-state index in [0.29, 0.717) is 6.54 Å². The average molecular weight is 309 g/mol. The van der Waals surface area contributed by atoms with E-state index in [1.807, 2.05) is 56.3 Å². The molecule has 20 heavy (non-hydrogen) atoms. The molecule has 0 aliphatic heterocycles. The quantitative estimate of drug-likeness (QED) is 0.857. The number of para-hydroxylation sites is 1. The lowest BCUT2D eigenvalue weighted by Crippen LogP contribution is -2.12. The molecule has 106 valence electrons. The molecular formula is C16H18Cl2N2. The van der Waals surface area contributed by atoms with E-state index in [1.165, 1.54) is 0 Å². The van der Waals surface area contributed by atoms with Crippen LogP contribution in [0, 0.1) is 6.92 Å². The second-order valence-electron chi connectivity index (χ2n) is 4.97. The maximum Gasteiger partial charge on any atom is 0.0786 e. The van der Waals surface area contributed by atoms with Crippen LogP contribution in [0.1, 0.15) is 11.1 Å². The van der Waals surface area contributed by atoms with Crippen LogP contribution in [0.15, 0.2) is 36.4 Å². The summed E-state index contributed by atoms with van der Waals surface area (Å²) in [6, 6.07) is 12.0. The Bertz CT molecular complexity index is 609. The molecule has 0 unspecified atom stereocenters. The highest BCUT2D eigenvalue weighted by Gasteiger charge is 2.08. The van der Waals surface area contributed by atoms with Crippen molar-refractivity contribution < 1.29 is 0 Å². The van der Waals surface area contributed by atoms with Gasteiger partial charge < -0.3 is 10.2 Å². The van der Waals surface area contributed by atoms with Gasteiger partial charge in [0.2, 0.25) is 0 Å². The fourth-order valence-corrected chi connectivity index (χ4v) is 2.60. The molecule has 2 aromatic rings. The Labute approximate surface area is 130 Å². The standard InChI is InChI=1S/C16H18Cl2N2/c1-11-7-8-12(9-14(11)18)10-19-15-6-4-5-13(17)16(15)20(2)3/h4-9,19H,10H2,1-3H3. The number of hydrogen-bond acceptors (Lipinski definition) is 2. The zero-order valence-corrected chi connectivity index (χ0v) is 13.4. The fourth-order valence-electron chi connectivity index (χ4n) is 2.06. The predicted molar refractivity (Wildman–Crippen MR) is 89.3 cm³/mol. The van der Waals surface area contributed by atoms with E-state index < -0.39 is 0 Å². The Kier molecular flexibility index (Phi) is 4.79. The number of rotatable bonds is 4. The van der Waals surface area contributed by atoms with Gasteiger partial charge in [-0.05, 0) is 36.2 Å². The Morgan fingerprint density at radius 3 is 2.45 bits per heavy atom. The molecule has 0 heterocycles. The Hall–Kier alpha value is -1.38. The predicted octanol–water partition coefficient (Wildman–Crippen LogP) is 4.98. The number of nitrogens with zero attached hydrogens (tertiary/aromatic N) is 1. The Balaban J connectivity index is 2.18. The first-order chi connectivity index (χ1) is 9.49. The fraction of sp³-hybridized carbons (Fsp3) is 0.250. The van der Waals surface area contributed by atoms with Gasteiger partial charge in [0.15, 0.2) is 0 Å². The van der Waals surface area contributed by atoms with Crippen LogP contribution in [-0.4, -0.2) is 14.1 Å². The topological polar surface area (TPSA) is 15.3 Å². The molecule has 0 atom stereocenters. The van der Waals surface area contributed by atoms with Crippen LogP contribution in [0.25, 0.3) is 0 Å². The molecule has 0 amide bonds. The molecule has 0 saturated heterocycles. The van der Waals surface area contributed by atoms with Gasteiger partial charge in [0.1, 0.15) is 0 Å². The lowest BCUT2D eigenvalue weighted by molar-refractivity contribution is 1.10. The lowest BCUT2D eigenvalue weighted by atomic mass is 10.1. The number of hydrogen-bond donors (Lipinski definition) is 1. The average Bonchev–Trinajstić information content (AvgIpc) is 2.39. The van der Waals surface area contributed by atoms with Crippen LogP contribution < -0.4 is 10.2 Å². The Morgan fingerprint density at radius 2 is 1.80 bits per heavy atom. The molecule has 0 aromatic heterocycles. The highest BCUT2D eigenvalue weighted by molar-refractivity contribution is 6.34. The first-order valence-electron chi connectivity index (χ1n) is 6.44. The summed E-state index contributed by atoms with van der Waals surface area (Å²) in [4.78, 5) is 2.01. The molecule has 2 nitrogen and oxygen atoms in total. The minimum Gasteiger partial charge on any atom is -0.379 e. The summed E-state index contributed by atoms with van der Waals surface area (Å²) in [5.41, 5.74) is 4.24. The number of aryl methyl sites for hydroxylation is 1. The normalized spacial score (nSPS) is 10.4. The molecule has 1 N–H and O–H groups in total. The molecule has 0 spiro atoms. The number of nitrogens with one attached hydrogen (secondary N) is 1. The zero-order chi connectivity index (χ0) is 14.7.